The monoisotopic (exact) mass is 296 g/mol. The van der Waals surface area contributed by atoms with Crippen molar-refractivity contribution in [3.05, 3.63) is 39.7 Å². The molecule has 0 spiro atoms. The third-order valence-corrected chi connectivity index (χ3v) is 2.19. The average molecular weight is 296 g/mol. The van der Waals surface area contributed by atoms with Gasteiger partial charge >= 0.3 is 6.18 Å². The number of nitro groups is 1. The number of alkyl halides is 3. The van der Waals surface area contributed by atoms with E-state index in [0.29, 0.717) is 18.2 Å². The summed E-state index contributed by atoms with van der Waals surface area (Å²) < 4.78 is 49.0. The highest BCUT2D eigenvalue weighted by atomic mass is 19.4. The van der Waals surface area contributed by atoms with E-state index in [1.165, 1.54) is 0 Å². The Kier molecular flexibility index (Phi) is 4.61. The van der Waals surface area contributed by atoms with Crippen molar-refractivity contribution >= 4 is 11.6 Å². The van der Waals surface area contributed by atoms with Crippen molar-refractivity contribution in [1.29, 1.82) is 0 Å². The molecule has 0 radical (unpaired) electrons. The van der Waals surface area contributed by atoms with Gasteiger partial charge in [-0.1, -0.05) is 0 Å². The Morgan fingerprint density at radius 2 is 2.00 bits per heavy atom. The van der Waals surface area contributed by atoms with Gasteiger partial charge in [0, 0.05) is 11.6 Å². The molecule has 1 amide bonds. The van der Waals surface area contributed by atoms with Gasteiger partial charge in [0.2, 0.25) is 0 Å². The highest BCUT2D eigenvalue weighted by molar-refractivity contribution is 5.94. The van der Waals surface area contributed by atoms with Gasteiger partial charge in [-0.2, -0.15) is 13.2 Å². The van der Waals surface area contributed by atoms with Gasteiger partial charge in [0.15, 0.2) is 6.10 Å². The Hall–Kier alpha value is -2.23. The lowest BCUT2D eigenvalue weighted by Gasteiger charge is -2.14. The first-order valence-electron chi connectivity index (χ1n) is 5.09. The van der Waals surface area contributed by atoms with Crippen LogP contribution in [0.4, 0.5) is 23.2 Å². The number of nitrogens with one attached hydrogen (secondary N) is 1. The van der Waals surface area contributed by atoms with Crippen LogP contribution in [0.5, 0.6) is 0 Å². The summed E-state index contributed by atoms with van der Waals surface area (Å²) in [6.07, 6.45) is -7.70. The maximum Gasteiger partial charge on any atom is 0.416 e. The maximum absolute atomic E-state index is 13.0. The number of hydrogen-bond acceptors (Lipinski definition) is 4. The van der Waals surface area contributed by atoms with Gasteiger partial charge in [-0.3, -0.25) is 14.9 Å². The highest BCUT2D eigenvalue weighted by Gasteiger charge is 2.38. The molecular formula is C10H8F4N2O4. The third-order valence-electron chi connectivity index (χ3n) is 2.19. The van der Waals surface area contributed by atoms with Gasteiger partial charge < -0.3 is 10.4 Å². The quantitative estimate of drug-likeness (QED) is 0.499. The largest absolute Gasteiger partial charge is 0.416 e. The summed E-state index contributed by atoms with van der Waals surface area (Å²) in [5.41, 5.74) is -1.24. The zero-order valence-corrected chi connectivity index (χ0v) is 9.65. The summed E-state index contributed by atoms with van der Waals surface area (Å²) in [6, 6.07) is 1.89. The van der Waals surface area contributed by atoms with Crippen LogP contribution in [0.25, 0.3) is 0 Å². The van der Waals surface area contributed by atoms with Gasteiger partial charge in [-0.05, 0) is 6.07 Å². The predicted octanol–water partition coefficient (Wildman–Crippen LogP) is 1.39. The topological polar surface area (TPSA) is 92.5 Å². The summed E-state index contributed by atoms with van der Waals surface area (Å²) in [7, 11) is 0. The summed E-state index contributed by atoms with van der Waals surface area (Å²) in [4.78, 5) is 20.9. The number of non-ortho nitro benzene ring substituents is 1. The van der Waals surface area contributed by atoms with Gasteiger partial charge in [0.1, 0.15) is 5.82 Å². The zero-order chi connectivity index (χ0) is 15.5. The summed E-state index contributed by atoms with van der Waals surface area (Å²) >= 11 is 0. The standard InChI is InChI=1S/C10H8F4N2O4/c11-6-1-5(2-7(3-6)16(19)20)9(18)15-4-8(17)10(12,13)14/h1-3,8,17H,4H2,(H,15,18). The molecule has 0 aromatic heterocycles. The lowest BCUT2D eigenvalue weighted by Crippen LogP contribution is -2.40. The summed E-state index contributed by atoms with van der Waals surface area (Å²) in [5, 5.41) is 20.8. The molecule has 0 saturated carbocycles. The SMILES string of the molecule is O=C(NCC(O)C(F)(F)F)c1cc(F)cc([N+](=O)[O-])c1. The van der Waals surface area contributed by atoms with E-state index in [-0.39, 0.29) is 0 Å². The molecule has 2 N–H and O–H groups in total. The number of benzene rings is 1. The van der Waals surface area contributed by atoms with Gasteiger partial charge in [-0.15, -0.1) is 0 Å². The molecule has 1 aromatic rings. The van der Waals surface area contributed by atoms with Crippen LogP contribution < -0.4 is 5.32 Å². The predicted molar refractivity (Wildman–Crippen MR) is 57.4 cm³/mol. The maximum atomic E-state index is 13.0. The number of aliphatic hydroxyl groups excluding tert-OH is 1. The Balaban J connectivity index is 2.81. The highest BCUT2D eigenvalue weighted by Crippen LogP contribution is 2.20. The van der Waals surface area contributed by atoms with E-state index in [2.05, 4.69) is 0 Å². The van der Waals surface area contributed by atoms with E-state index >= 15 is 0 Å². The fraction of sp³-hybridized carbons (Fsp3) is 0.300. The Morgan fingerprint density at radius 3 is 2.50 bits per heavy atom. The van der Waals surface area contributed by atoms with E-state index in [9.17, 15) is 32.5 Å². The smallest absolute Gasteiger partial charge is 0.382 e. The van der Waals surface area contributed by atoms with Crippen LogP contribution in [-0.4, -0.2) is 34.8 Å². The molecule has 0 aliphatic heterocycles. The molecule has 1 aromatic carbocycles. The molecular weight excluding hydrogens is 288 g/mol. The van der Waals surface area contributed by atoms with Crippen molar-refractivity contribution in [1.82, 2.24) is 5.32 Å². The second-order valence-electron chi connectivity index (χ2n) is 3.72. The lowest BCUT2D eigenvalue weighted by molar-refractivity contribution is -0.385. The first kappa shape index (κ1) is 15.8. The van der Waals surface area contributed by atoms with Crippen molar-refractivity contribution in [2.75, 3.05) is 6.54 Å². The summed E-state index contributed by atoms with van der Waals surface area (Å²) in [5.74, 6) is -2.25. The molecule has 0 saturated heterocycles. The molecule has 0 bridgehead atoms. The number of nitrogens with zero attached hydrogens (tertiary/aromatic N) is 1. The van der Waals surface area contributed by atoms with E-state index in [1.54, 1.807) is 5.32 Å². The molecule has 110 valence electrons. The van der Waals surface area contributed by atoms with Crippen molar-refractivity contribution in [2.24, 2.45) is 0 Å². The van der Waals surface area contributed by atoms with Gasteiger partial charge in [-0.25, -0.2) is 4.39 Å². The number of amides is 1. The van der Waals surface area contributed by atoms with Crippen LogP contribution >= 0.6 is 0 Å². The van der Waals surface area contributed by atoms with Crippen LogP contribution in [-0.2, 0) is 0 Å². The van der Waals surface area contributed by atoms with Crippen molar-refractivity contribution in [2.45, 2.75) is 12.3 Å². The fourth-order valence-electron chi connectivity index (χ4n) is 1.22. The van der Waals surface area contributed by atoms with Crippen molar-refractivity contribution in [3.8, 4) is 0 Å². The lowest BCUT2D eigenvalue weighted by atomic mass is 10.2. The summed E-state index contributed by atoms with van der Waals surface area (Å²) in [6.45, 7) is -1.15. The number of rotatable bonds is 4. The van der Waals surface area contributed by atoms with Crippen LogP contribution in [0.3, 0.4) is 0 Å². The molecule has 0 heterocycles. The molecule has 1 atom stereocenters. The Labute approximate surface area is 109 Å². The number of carbonyl (C=O) groups is 1. The molecule has 0 fully saturated rings. The molecule has 0 aliphatic carbocycles. The Bertz CT molecular complexity index is 532. The normalized spacial score (nSPS) is 12.8. The molecule has 1 unspecified atom stereocenters. The van der Waals surface area contributed by atoms with E-state index in [0.717, 1.165) is 0 Å². The fourth-order valence-corrected chi connectivity index (χ4v) is 1.22. The second kappa shape index (κ2) is 5.82. The van der Waals surface area contributed by atoms with Crippen LogP contribution in [0.15, 0.2) is 18.2 Å². The zero-order valence-electron chi connectivity index (χ0n) is 9.65. The van der Waals surface area contributed by atoms with Crippen LogP contribution in [0.1, 0.15) is 10.4 Å². The number of nitro benzene ring substituents is 1. The molecule has 0 aliphatic rings. The van der Waals surface area contributed by atoms with Crippen LogP contribution in [0, 0.1) is 15.9 Å². The van der Waals surface area contributed by atoms with E-state index < -0.39 is 46.7 Å². The van der Waals surface area contributed by atoms with Gasteiger partial charge in [0.05, 0.1) is 17.5 Å². The Morgan fingerprint density at radius 1 is 1.40 bits per heavy atom. The van der Waals surface area contributed by atoms with E-state index in [4.69, 9.17) is 5.11 Å². The number of hydrogen-bond donors (Lipinski definition) is 2. The average Bonchev–Trinajstić information content (AvgIpc) is 2.33. The van der Waals surface area contributed by atoms with Crippen molar-refractivity contribution < 1.29 is 32.4 Å². The number of aliphatic hydroxyl groups is 1. The minimum absolute atomic E-state index is 0.522. The molecule has 20 heavy (non-hydrogen) atoms. The van der Waals surface area contributed by atoms with Gasteiger partial charge in [0.25, 0.3) is 11.6 Å². The third kappa shape index (κ3) is 4.16. The number of halogens is 4. The minimum Gasteiger partial charge on any atom is -0.382 e. The second-order valence-corrected chi connectivity index (χ2v) is 3.72. The first-order chi connectivity index (χ1) is 9.11. The minimum atomic E-state index is -4.92. The van der Waals surface area contributed by atoms with Crippen molar-refractivity contribution in [3.63, 3.8) is 0 Å². The molecule has 6 nitrogen and oxygen atoms in total. The molecule has 1 rings (SSSR count). The van der Waals surface area contributed by atoms with Crippen LogP contribution in [0.2, 0.25) is 0 Å². The van der Waals surface area contributed by atoms with E-state index in [1.807, 2.05) is 0 Å². The number of carbonyl (C=O) groups excluding carboxylic acids is 1. The molecule has 10 heteroatoms. The first-order valence-corrected chi connectivity index (χ1v) is 5.09.